The summed E-state index contributed by atoms with van der Waals surface area (Å²) < 4.78 is 34.4. The average Bonchev–Trinajstić information content (AvgIpc) is 3.22. The predicted molar refractivity (Wildman–Crippen MR) is 120 cm³/mol. The largest absolute Gasteiger partial charge is 0.481 e. The third kappa shape index (κ3) is 6.68. The fraction of sp³-hybridized carbons (Fsp3) is 0.833. The number of hydrogen-bond acceptors (Lipinski definition) is 6. The fourth-order valence-corrected chi connectivity index (χ4v) is 5.27. The summed E-state index contributed by atoms with van der Waals surface area (Å²) in [7, 11) is 0. The summed E-state index contributed by atoms with van der Waals surface area (Å²) in [6, 6.07) is -2.15. The number of nitrogens with zero attached hydrogens (tertiary/aromatic N) is 1. The van der Waals surface area contributed by atoms with Gasteiger partial charge in [-0.2, -0.15) is 0 Å². The number of nitrogens with one attached hydrogen (secondary N) is 1. The van der Waals surface area contributed by atoms with Gasteiger partial charge in [0.15, 0.2) is 5.78 Å². The lowest BCUT2D eigenvalue weighted by atomic mass is 9.90. The molecule has 35 heavy (non-hydrogen) atoms. The number of Topliss-reactive ketones (excluding diaryl/α,β-unsaturated/α-hetero) is 1. The van der Waals surface area contributed by atoms with Crippen molar-refractivity contribution in [2.45, 2.75) is 108 Å². The molecule has 0 spiro atoms. The van der Waals surface area contributed by atoms with Crippen LogP contribution in [0.1, 0.15) is 78.6 Å². The summed E-state index contributed by atoms with van der Waals surface area (Å²) in [6.45, 7) is 4.86. The Hall–Kier alpha value is -2.30. The molecule has 0 radical (unpaired) electrons. The van der Waals surface area contributed by atoms with Gasteiger partial charge in [0.1, 0.15) is 11.6 Å². The predicted octanol–water partition coefficient (Wildman–Crippen LogP) is 2.88. The molecule has 3 fully saturated rings. The van der Waals surface area contributed by atoms with Crippen LogP contribution in [0.25, 0.3) is 0 Å². The molecule has 1 saturated carbocycles. The van der Waals surface area contributed by atoms with Gasteiger partial charge in [0, 0.05) is 32.2 Å². The number of carboxylic acids is 1. The van der Waals surface area contributed by atoms with E-state index in [0.29, 0.717) is 12.8 Å². The molecule has 1 aliphatic carbocycles. The van der Waals surface area contributed by atoms with Crippen molar-refractivity contribution in [3.63, 3.8) is 0 Å². The molecule has 5 atom stereocenters. The molecule has 3 N–H and O–H groups in total. The number of carbonyl (C=O) groups excluding carboxylic acids is 3. The minimum absolute atomic E-state index is 0.0181. The summed E-state index contributed by atoms with van der Waals surface area (Å²) >= 11 is 0. The molecule has 2 aliphatic heterocycles. The Labute approximate surface area is 203 Å². The minimum Gasteiger partial charge on any atom is -0.481 e. The minimum atomic E-state index is -3.05. The second-order valence-corrected chi connectivity index (χ2v) is 11.3. The van der Waals surface area contributed by atoms with Crippen LogP contribution in [0, 0.1) is 11.3 Å². The number of ketones is 1. The number of alkyl carbamates (subject to hydrolysis) is 1. The van der Waals surface area contributed by atoms with Crippen LogP contribution in [0.15, 0.2) is 0 Å². The zero-order chi connectivity index (χ0) is 26.2. The van der Waals surface area contributed by atoms with Crippen molar-refractivity contribution < 1.29 is 42.9 Å². The molecule has 2 heterocycles. The van der Waals surface area contributed by atoms with Gasteiger partial charge in [-0.05, 0) is 46.0 Å². The van der Waals surface area contributed by atoms with Crippen LogP contribution in [-0.4, -0.2) is 75.1 Å². The van der Waals surface area contributed by atoms with E-state index in [9.17, 15) is 38.2 Å². The molecular formula is C24H36F2N2O7. The first kappa shape index (κ1) is 27.3. The Morgan fingerprint density at radius 2 is 1.83 bits per heavy atom. The van der Waals surface area contributed by atoms with Crippen LogP contribution < -0.4 is 5.32 Å². The van der Waals surface area contributed by atoms with Crippen molar-refractivity contribution in [3.05, 3.63) is 0 Å². The molecule has 0 bridgehead atoms. The number of ether oxygens (including phenoxy) is 1. The van der Waals surface area contributed by atoms with E-state index in [4.69, 9.17) is 4.74 Å². The fourth-order valence-electron chi connectivity index (χ4n) is 5.27. The smallest absolute Gasteiger partial charge is 0.408 e. The summed E-state index contributed by atoms with van der Waals surface area (Å²) in [5.41, 5.74) is -2.38. The first-order valence-electron chi connectivity index (χ1n) is 12.3. The van der Waals surface area contributed by atoms with Crippen LogP contribution in [0.5, 0.6) is 0 Å². The van der Waals surface area contributed by atoms with E-state index >= 15 is 0 Å². The normalized spacial score (nSPS) is 34.2. The number of halogens is 2. The van der Waals surface area contributed by atoms with Crippen molar-refractivity contribution in [2.24, 2.45) is 11.3 Å². The lowest BCUT2D eigenvalue weighted by Gasteiger charge is -2.30. The topological polar surface area (TPSA) is 133 Å². The summed E-state index contributed by atoms with van der Waals surface area (Å²) in [4.78, 5) is 52.2. The molecular weight excluding hydrogens is 466 g/mol. The highest BCUT2D eigenvalue weighted by atomic mass is 19.3. The number of aliphatic hydroxyl groups excluding tert-OH is 1. The third-order valence-corrected chi connectivity index (χ3v) is 7.15. The number of aliphatic carboxylic acids is 1. The summed E-state index contributed by atoms with van der Waals surface area (Å²) in [5.74, 6) is -6.32. The maximum absolute atomic E-state index is 14.5. The highest BCUT2D eigenvalue weighted by Gasteiger charge is 2.63. The van der Waals surface area contributed by atoms with Gasteiger partial charge in [-0.3, -0.25) is 14.4 Å². The Morgan fingerprint density at radius 3 is 2.46 bits per heavy atom. The van der Waals surface area contributed by atoms with Gasteiger partial charge < -0.3 is 25.2 Å². The van der Waals surface area contributed by atoms with E-state index in [-0.39, 0.29) is 32.2 Å². The van der Waals surface area contributed by atoms with Crippen molar-refractivity contribution >= 4 is 23.8 Å². The number of rotatable bonds is 2. The zero-order valence-corrected chi connectivity index (χ0v) is 20.5. The first-order chi connectivity index (χ1) is 16.1. The van der Waals surface area contributed by atoms with Gasteiger partial charge in [-0.25, -0.2) is 13.6 Å². The quantitative estimate of drug-likeness (QED) is 0.529. The lowest BCUT2D eigenvalue weighted by molar-refractivity contribution is -0.148. The Morgan fingerprint density at radius 1 is 1.14 bits per heavy atom. The molecule has 0 aromatic rings. The van der Waals surface area contributed by atoms with Crippen molar-refractivity contribution in [1.29, 1.82) is 0 Å². The van der Waals surface area contributed by atoms with Crippen LogP contribution in [0.2, 0.25) is 0 Å². The number of fused-ring (bicyclic) bond motifs is 2. The number of alkyl halides is 2. The maximum Gasteiger partial charge on any atom is 0.408 e. The van der Waals surface area contributed by atoms with Gasteiger partial charge >= 0.3 is 12.1 Å². The van der Waals surface area contributed by atoms with E-state index in [1.165, 1.54) is 4.90 Å². The molecule has 3 aliphatic rings. The van der Waals surface area contributed by atoms with Crippen molar-refractivity contribution in [1.82, 2.24) is 10.2 Å². The molecule has 198 valence electrons. The van der Waals surface area contributed by atoms with Crippen LogP contribution >= 0.6 is 0 Å². The number of carbonyl (C=O) groups is 4. The molecule has 9 nitrogen and oxygen atoms in total. The van der Waals surface area contributed by atoms with Gasteiger partial charge in [-0.15, -0.1) is 0 Å². The number of hydrogen-bond donors (Lipinski definition) is 3. The Balaban J connectivity index is 1.86. The summed E-state index contributed by atoms with van der Waals surface area (Å²) in [6.07, 6.45) is -2.30. The van der Waals surface area contributed by atoms with E-state index in [0.717, 1.165) is 0 Å². The Bertz CT molecular complexity index is 859. The molecule has 2 saturated heterocycles. The first-order valence-corrected chi connectivity index (χ1v) is 12.3. The van der Waals surface area contributed by atoms with Gasteiger partial charge in [-0.1, -0.05) is 12.8 Å². The summed E-state index contributed by atoms with van der Waals surface area (Å²) in [5, 5.41) is 22.5. The molecule has 11 heteroatoms. The monoisotopic (exact) mass is 502 g/mol. The van der Waals surface area contributed by atoms with E-state index in [2.05, 4.69) is 5.32 Å². The third-order valence-electron chi connectivity index (χ3n) is 7.15. The highest BCUT2D eigenvalue weighted by Crippen LogP contribution is 2.60. The van der Waals surface area contributed by atoms with Gasteiger partial charge in [0.2, 0.25) is 11.8 Å². The number of aliphatic hydroxyl groups is 1. The molecule has 0 unspecified atom stereocenters. The maximum atomic E-state index is 14.5. The molecule has 0 aromatic carbocycles. The van der Waals surface area contributed by atoms with E-state index in [1.807, 2.05) is 0 Å². The highest BCUT2D eigenvalue weighted by molar-refractivity contribution is 5.95. The standard InChI is InChI=1S/C24H36F2N2O7/c1-22(2,3)35-21(34)27-16-7-5-4-6-8-24(25,26)11-14-10-23(14,20(32)33)12-18(30)17-9-15(29)13-28(17)19(16)31/h14-17,29H,4-13H2,1-3H3,(H,27,34)(H,32,33)/t14-,15+,16-,17-,23+/m0/s1. The zero-order valence-electron chi connectivity index (χ0n) is 20.5. The Kier molecular flexibility index (Phi) is 7.79. The van der Waals surface area contributed by atoms with E-state index < -0.39 is 84.1 Å². The second-order valence-electron chi connectivity index (χ2n) is 11.3. The SMILES string of the molecule is CC(C)(C)OC(=O)N[C@H]1CCCCCC(F)(F)C[C@@H]2C[C@@]2(C(=O)O)CC(=O)[C@@H]2C[C@@H](O)CN2C1=O. The molecule has 3 rings (SSSR count). The molecule has 0 aromatic heterocycles. The van der Waals surface area contributed by atoms with Crippen LogP contribution in [0.4, 0.5) is 13.6 Å². The van der Waals surface area contributed by atoms with Crippen LogP contribution in [0.3, 0.4) is 0 Å². The van der Waals surface area contributed by atoms with Gasteiger partial charge in [0.25, 0.3) is 0 Å². The van der Waals surface area contributed by atoms with Crippen molar-refractivity contribution in [3.8, 4) is 0 Å². The van der Waals surface area contributed by atoms with Crippen molar-refractivity contribution in [2.75, 3.05) is 6.54 Å². The van der Waals surface area contributed by atoms with E-state index in [1.54, 1.807) is 20.8 Å². The lowest BCUT2D eigenvalue weighted by Crippen LogP contribution is -2.52. The number of amides is 2. The van der Waals surface area contributed by atoms with Crippen LogP contribution in [-0.2, 0) is 19.1 Å². The number of carboxylic acid groups (broad SMARTS) is 1. The average molecular weight is 503 g/mol. The van der Waals surface area contributed by atoms with Gasteiger partial charge in [0.05, 0.1) is 17.6 Å². The molecule has 2 amide bonds. The second kappa shape index (κ2) is 9.99.